The Morgan fingerprint density at radius 1 is 1.40 bits per heavy atom. The van der Waals surface area contributed by atoms with E-state index in [9.17, 15) is 9.18 Å². The van der Waals surface area contributed by atoms with Crippen molar-refractivity contribution in [2.45, 2.75) is 26.7 Å². The second-order valence-electron chi connectivity index (χ2n) is 3.49. The molecule has 0 saturated heterocycles. The summed E-state index contributed by atoms with van der Waals surface area (Å²) in [5.74, 6) is -0.779. The summed E-state index contributed by atoms with van der Waals surface area (Å²) in [6, 6.07) is 0. The number of nitrogens with one attached hydrogen (secondary N) is 1. The van der Waals surface area contributed by atoms with Crippen molar-refractivity contribution in [2.24, 2.45) is 5.73 Å². The van der Waals surface area contributed by atoms with Crippen LogP contribution in [0.25, 0.3) is 0 Å². The number of hydrogen-bond donors (Lipinski definition) is 2. The quantitative estimate of drug-likeness (QED) is 0.699. The highest BCUT2D eigenvalue weighted by molar-refractivity contribution is 5.91. The standard InChI is InChI=1S/C11H15FN2O/c1-7(11(13)15)8(2)14-10-6-4-3-5-9(10)12/h5-6,14H,3-4H2,1-2H3,(H2,13,15)/b8-7+. The fraction of sp³-hybridized carbons (Fsp3) is 0.364. The van der Waals surface area contributed by atoms with Gasteiger partial charge in [-0.3, -0.25) is 4.79 Å². The van der Waals surface area contributed by atoms with Crippen LogP contribution in [-0.4, -0.2) is 5.91 Å². The molecule has 0 radical (unpaired) electrons. The van der Waals surface area contributed by atoms with E-state index in [2.05, 4.69) is 5.32 Å². The first-order chi connectivity index (χ1) is 7.02. The number of rotatable bonds is 3. The molecule has 0 heterocycles. The summed E-state index contributed by atoms with van der Waals surface area (Å²) >= 11 is 0. The lowest BCUT2D eigenvalue weighted by Crippen LogP contribution is -2.20. The number of carbonyl (C=O) groups is 1. The molecule has 4 heteroatoms. The van der Waals surface area contributed by atoms with Crippen LogP contribution in [-0.2, 0) is 4.79 Å². The van der Waals surface area contributed by atoms with Gasteiger partial charge < -0.3 is 11.1 Å². The summed E-state index contributed by atoms with van der Waals surface area (Å²) in [6.45, 7) is 3.30. The van der Waals surface area contributed by atoms with Crippen molar-refractivity contribution in [3.63, 3.8) is 0 Å². The van der Waals surface area contributed by atoms with Gasteiger partial charge in [0.25, 0.3) is 0 Å². The Morgan fingerprint density at radius 3 is 2.53 bits per heavy atom. The first-order valence-electron chi connectivity index (χ1n) is 4.83. The molecule has 1 aliphatic rings. The predicted octanol–water partition coefficient (Wildman–Crippen LogP) is 1.89. The third kappa shape index (κ3) is 2.94. The van der Waals surface area contributed by atoms with Gasteiger partial charge in [-0.2, -0.15) is 0 Å². The zero-order chi connectivity index (χ0) is 11.4. The topological polar surface area (TPSA) is 55.1 Å². The lowest BCUT2D eigenvalue weighted by atomic mass is 10.1. The fourth-order valence-electron chi connectivity index (χ4n) is 1.24. The Kier molecular flexibility index (Phi) is 3.66. The molecule has 82 valence electrons. The van der Waals surface area contributed by atoms with Crippen molar-refractivity contribution in [3.05, 3.63) is 34.9 Å². The van der Waals surface area contributed by atoms with Gasteiger partial charge >= 0.3 is 0 Å². The van der Waals surface area contributed by atoms with Crippen LogP contribution in [0.5, 0.6) is 0 Å². The molecule has 0 atom stereocenters. The molecule has 3 nitrogen and oxygen atoms in total. The van der Waals surface area contributed by atoms with Crippen LogP contribution >= 0.6 is 0 Å². The minimum atomic E-state index is -0.499. The van der Waals surface area contributed by atoms with Crippen LogP contribution in [0.1, 0.15) is 26.7 Å². The van der Waals surface area contributed by atoms with Gasteiger partial charge in [0.15, 0.2) is 0 Å². The summed E-state index contributed by atoms with van der Waals surface area (Å²) in [7, 11) is 0. The number of carbonyl (C=O) groups excluding carboxylic acids is 1. The molecule has 0 unspecified atom stereocenters. The third-order valence-electron chi connectivity index (χ3n) is 2.35. The van der Waals surface area contributed by atoms with Crippen LogP contribution < -0.4 is 11.1 Å². The van der Waals surface area contributed by atoms with Gasteiger partial charge in [0, 0.05) is 11.3 Å². The van der Waals surface area contributed by atoms with E-state index >= 15 is 0 Å². The minimum absolute atomic E-state index is 0.280. The SMILES string of the molecule is C/C(NC1=CCCC=C1F)=C(/C)C(N)=O. The second-order valence-corrected chi connectivity index (χ2v) is 3.49. The van der Waals surface area contributed by atoms with Crippen LogP contribution in [0, 0.1) is 0 Å². The van der Waals surface area contributed by atoms with Crippen molar-refractivity contribution >= 4 is 5.91 Å². The molecule has 0 aromatic heterocycles. The zero-order valence-electron chi connectivity index (χ0n) is 8.93. The van der Waals surface area contributed by atoms with Crippen molar-refractivity contribution in [3.8, 4) is 0 Å². The van der Waals surface area contributed by atoms with E-state index < -0.39 is 5.91 Å². The van der Waals surface area contributed by atoms with Gasteiger partial charge in [-0.1, -0.05) is 6.08 Å². The van der Waals surface area contributed by atoms with Crippen molar-refractivity contribution in [1.82, 2.24) is 5.32 Å². The van der Waals surface area contributed by atoms with E-state index in [1.165, 1.54) is 6.08 Å². The average molecular weight is 210 g/mol. The number of hydrogen-bond acceptors (Lipinski definition) is 2. The molecule has 0 spiro atoms. The highest BCUT2D eigenvalue weighted by atomic mass is 19.1. The van der Waals surface area contributed by atoms with Gasteiger partial charge in [0.1, 0.15) is 5.83 Å². The van der Waals surface area contributed by atoms with Crippen LogP contribution in [0.3, 0.4) is 0 Å². The molecule has 0 bridgehead atoms. The van der Waals surface area contributed by atoms with Gasteiger partial charge in [-0.25, -0.2) is 4.39 Å². The Bertz CT molecular complexity index is 367. The minimum Gasteiger partial charge on any atom is -0.366 e. The lowest BCUT2D eigenvalue weighted by Gasteiger charge is -2.14. The number of amides is 1. The first kappa shape index (κ1) is 11.5. The molecule has 1 aliphatic carbocycles. The summed E-state index contributed by atoms with van der Waals surface area (Å²) in [5, 5.41) is 2.85. The van der Waals surface area contributed by atoms with Crippen LogP contribution in [0.2, 0.25) is 0 Å². The number of halogens is 1. The lowest BCUT2D eigenvalue weighted by molar-refractivity contribution is -0.114. The third-order valence-corrected chi connectivity index (χ3v) is 2.35. The van der Waals surface area contributed by atoms with Gasteiger partial charge in [0.05, 0.1) is 5.70 Å². The normalized spacial score (nSPS) is 17.5. The highest BCUT2D eigenvalue weighted by Gasteiger charge is 2.10. The summed E-state index contributed by atoms with van der Waals surface area (Å²) in [5.41, 5.74) is 6.52. The molecule has 0 fully saturated rings. The highest BCUT2D eigenvalue weighted by Crippen LogP contribution is 2.18. The zero-order valence-corrected chi connectivity index (χ0v) is 8.93. The molecule has 15 heavy (non-hydrogen) atoms. The van der Waals surface area contributed by atoms with E-state index in [-0.39, 0.29) is 5.83 Å². The molecule has 0 aromatic carbocycles. The monoisotopic (exact) mass is 210 g/mol. The van der Waals surface area contributed by atoms with Crippen molar-refractivity contribution in [1.29, 1.82) is 0 Å². The molecule has 3 N–H and O–H groups in total. The van der Waals surface area contributed by atoms with E-state index in [4.69, 9.17) is 5.73 Å². The molecule has 1 rings (SSSR count). The van der Waals surface area contributed by atoms with E-state index in [0.29, 0.717) is 23.4 Å². The maximum Gasteiger partial charge on any atom is 0.246 e. The number of nitrogens with two attached hydrogens (primary N) is 1. The van der Waals surface area contributed by atoms with E-state index in [1.54, 1.807) is 19.9 Å². The predicted molar refractivity (Wildman–Crippen MR) is 57.2 cm³/mol. The first-order valence-corrected chi connectivity index (χ1v) is 4.83. The Balaban J connectivity index is 2.79. The molecule has 0 aliphatic heterocycles. The van der Waals surface area contributed by atoms with Crippen LogP contribution in [0.4, 0.5) is 4.39 Å². The van der Waals surface area contributed by atoms with E-state index in [0.717, 1.165) is 6.42 Å². The molecular weight excluding hydrogens is 195 g/mol. The largest absolute Gasteiger partial charge is 0.366 e. The van der Waals surface area contributed by atoms with Gasteiger partial charge in [0.2, 0.25) is 5.91 Å². The summed E-state index contributed by atoms with van der Waals surface area (Å²) in [6.07, 6.45) is 4.82. The molecule has 0 saturated carbocycles. The van der Waals surface area contributed by atoms with Crippen LogP contribution in [0.15, 0.2) is 34.9 Å². The number of allylic oxidation sites excluding steroid dienone is 4. The van der Waals surface area contributed by atoms with Crippen molar-refractivity contribution in [2.75, 3.05) is 0 Å². The average Bonchev–Trinajstić information content (AvgIpc) is 2.20. The maximum atomic E-state index is 13.3. The smallest absolute Gasteiger partial charge is 0.246 e. The molecule has 1 amide bonds. The number of primary amides is 1. The van der Waals surface area contributed by atoms with Crippen molar-refractivity contribution < 1.29 is 9.18 Å². The Hall–Kier alpha value is -1.58. The second kappa shape index (κ2) is 4.77. The summed E-state index contributed by atoms with van der Waals surface area (Å²) < 4.78 is 13.3. The van der Waals surface area contributed by atoms with Gasteiger partial charge in [-0.05, 0) is 32.8 Å². The molecular formula is C11H15FN2O. The molecule has 0 aromatic rings. The fourth-order valence-corrected chi connectivity index (χ4v) is 1.24. The van der Waals surface area contributed by atoms with Gasteiger partial charge in [-0.15, -0.1) is 0 Å². The van der Waals surface area contributed by atoms with E-state index in [1.807, 2.05) is 0 Å². The summed E-state index contributed by atoms with van der Waals surface area (Å²) in [4.78, 5) is 10.9. The Morgan fingerprint density at radius 2 is 2.00 bits per heavy atom. The Labute approximate surface area is 88.5 Å². The maximum absolute atomic E-state index is 13.3.